The summed E-state index contributed by atoms with van der Waals surface area (Å²) in [7, 11) is 4.29. The van der Waals surface area contributed by atoms with Gasteiger partial charge in [0.15, 0.2) is 0 Å². The van der Waals surface area contributed by atoms with E-state index >= 15 is 0 Å². The molecule has 1 atom stereocenters. The molecule has 114 valence electrons. The predicted octanol–water partition coefficient (Wildman–Crippen LogP) is 3.95. The van der Waals surface area contributed by atoms with Crippen molar-refractivity contribution in [3.05, 3.63) is 35.9 Å². The SMILES string of the molecule is CNC(c1ccccc1)C(C)(C)CN(C)CC(C)(C)C. The Bertz CT molecular complexity index is 390. The van der Waals surface area contributed by atoms with Crippen LogP contribution in [0, 0.1) is 10.8 Å². The molecule has 0 radical (unpaired) electrons. The highest BCUT2D eigenvalue weighted by atomic mass is 15.1. The van der Waals surface area contributed by atoms with Gasteiger partial charge in [0, 0.05) is 19.1 Å². The van der Waals surface area contributed by atoms with Crippen molar-refractivity contribution in [2.24, 2.45) is 10.8 Å². The van der Waals surface area contributed by atoms with Gasteiger partial charge in [-0.1, -0.05) is 65.0 Å². The van der Waals surface area contributed by atoms with Gasteiger partial charge in [-0.25, -0.2) is 0 Å². The van der Waals surface area contributed by atoms with Crippen LogP contribution in [0.5, 0.6) is 0 Å². The van der Waals surface area contributed by atoms with Crippen molar-refractivity contribution < 1.29 is 0 Å². The van der Waals surface area contributed by atoms with Gasteiger partial charge >= 0.3 is 0 Å². The molecule has 0 spiro atoms. The van der Waals surface area contributed by atoms with Gasteiger partial charge in [-0.05, 0) is 30.5 Å². The topological polar surface area (TPSA) is 15.3 Å². The quantitative estimate of drug-likeness (QED) is 0.846. The second kappa shape index (κ2) is 6.73. The van der Waals surface area contributed by atoms with E-state index < -0.39 is 0 Å². The molecule has 0 aromatic heterocycles. The summed E-state index contributed by atoms with van der Waals surface area (Å²) in [6, 6.07) is 11.1. The number of nitrogens with zero attached hydrogens (tertiary/aromatic N) is 1. The smallest absolute Gasteiger partial charge is 0.0381 e. The second-order valence-electron chi connectivity index (χ2n) is 7.85. The highest BCUT2D eigenvalue weighted by Gasteiger charge is 2.31. The van der Waals surface area contributed by atoms with Crippen molar-refractivity contribution in [2.45, 2.75) is 40.7 Å². The molecule has 0 fully saturated rings. The minimum atomic E-state index is 0.177. The lowest BCUT2D eigenvalue weighted by atomic mass is 9.79. The lowest BCUT2D eigenvalue weighted by molar-refractivity contribution is 0.130. The van der Waals surface area contributed by atoms with Gasteiger partial charge in [-0.3, -0.25) is 0 Å². The second-order valence-corrected chi connectivity index (χ2v) is 7.85. The van der Waals surface area contributed by atoms with Crippen LogP contribution in [-0.4, -0.2) is 32.1 Å². The number of rotatable bonds is 6. The van der Waals surface area contributed by atoms with Crippen molar-refractivity contribution in [1.82, 2.24) is 10.2 Å². The third-order valence-corrected chi connectivity index (χ3v) is 3.62. The first-order chi connectivity index (χ1) is 9.15. The van der Waals surface area contributed by atoms with Crippen LogP contribution in [0.1, 0.15) is 46.2 Å². The zero-order valence-corrected chi connectivity index (χ0v) is 14.3. The fraction of sp³-hybridized carbons (Fsp3) is 0.667. The molecule has 1 aromatic carbocycles. The molecule has 0 aliphatic carbocycles. The van der Waals surface area contributed by atoms with Crippen molar-refractivity contribution in [3.8, 4) is 0 Å². The van der Waals surface area contributed by atoms with Gasteiger partial charge in [0.05, 0.1) is 0 Å². The molecule has 0 saturated heterocycles. The van der Waals surface area contributed by atoms with E-state index in [0.29, 0.717) is 11.5 Å². The largest absolute Gasteiger partial charge is 0.313 e. The average Bonchev–Trinajstić information content (AvgIpc) is 2.27. The Morgan fingerprint density at radius 2 is 1.55 bits per heavy atom. The summed E-state index contributed by atoms with van der Waals surface area (Å²) < 4.78 is 0. The molecule has 20 heavy (non-hydrogen) atoms. The molecule has 0 saturated carbocycles. The first kappa shape index (κ1) is 17.2. The first-order valence-corrected chi connectivity index (χ1v) is 7.56. The van der Waals surface area contributed by atoms with Crippen molar-refractivity contribution in [1.29, 1.82) is 0 Å². The monoisotopic (exact) mass is 276 g/mol. The number of hydrogen-bond acceptors (Lipinski definition) is 2. The summed E-state index contributed by atoms with van der Waals surface area (Å²) in [4.78, 5) is 2.45. The molecule has 0 aliphatic rings. The lowest BCUT2D eigenvalue weighted by Crippen LogP contribution is -2.42. The molecule has 0 heterocycles. The van der Waals surface area contributed by atoms with Crippen molar-refractivity contribution in [2.75, 3.05) is 27.2 Å². The standard InChI is InChI=1S/C18H32N2/c1-17(2,3)13-20(7)14-18(4,5)16(19-6)15-11-9-8-10-12-15/h8-12,16,19H,13-14H2,1-7H3. The normalized spacial score (nSPS) is 14.6. The zero-order valence-electron chi connectivity index (χ0n) is 14.3. The molecule has 0 aliphatic heterocycles. The molecule has 2 heteroatoms. The Kier molecular flexibility index (Phi) is 5.79. The molecule has 0 amide bonds. The molecular formula is C18H32N2. The van der Waals surface area contributed by atoms with E-state index in [9.17, 15) is 0 Å². The van der Waals surface area contributed by atoms with Gasteiger partial charge in [0.1, 0.15) is 0 Å². The summed E-state index contributed by atoms with van der Waals surface area (Å²) in [5.74, 6) is 0. The maximum absolute atomic E-state index is 3.50. The Balaban J connectivity index is 2.80. The van der Waals surface area contributed by atoms with Crippen LogP contribution in [0.2, 0.25) is 0 Å². The van der Waals surface area contributed by atoms with Gasteiger partial charge in [0.25, 0.3) is 0 Å². The third-order valence-electron chi connectivity index (χ3n) is 3.62. The Labute approximate surface area is 125 Å². The third kappa shape index (κ3) is 5.26. The molecule has 1 rings (SSSR count). The molecule has 0 bridgehead atoms. The molecule has 1 N–H and O–H groups in total. The molecule has 1 aromatic rings. The minimum absolute atomic E-state index is 0.177. The van der Waals surface area contributed by atoms with Gasteiger partial charge in [-0.15, -0.1) is 0 Å². The zero-order chi connectivity index (χ0) is 15.4. The van der Waals surface area contributed by atoms with Gasteiger partial charge < -0.3 is 10.2 Å². The van der Waals surface area contributed by atoms with Crippen LogP contribution >= 0.6 is 0 Å². The summed E-state index contributed by atoms with van der Waals surface area (Å²) >= 11 is 0. The van der Waals surface area contributed by atoms with E-state index in [1.165, 1.54) is 5.56 Å². The average molecular weight is 276 g/mol. The number of benzene rings is 1. The van der Waals surface area contributed by atoms with Crippen molar-refractivity contribution >= 4 is 0 Å². The first-order valence-electron chi connectivity index (χ1n) is 7.56. The maximum Gasteiger partial charge on any atom is 0.0381 e. The molecule has 2 nitrogen and oxygen atoms in total. The summed E-state index contributed by atoms with van der Waals surface area (Å²) in [6.45, 7) is 13.8. The van der Waals surface area contributed by atoms with Gasteiger partial charge in [-0.2, -0.15) is 0 Å². The Morgan fingerprint density at radius 1 is 1.00 bits per heavy atom. The summed E-state index contributed by atoms with van der Waals surface area (Å²) in [5, 5.41) is 3.50. The summed E-state index contributed by atoms with van der Waals surface area (Å²) in [6.07, 6.45) is 0. The fourth-order valence-corrected chi connectivity index (χ4v) is 3.31. The van der Waals surface area contributed by atoms with Gasteiger partial charge in [0.2, 0.25) is 0 Å². The number of nitrogens with one attached hydrogen (secondary N) is 1. The highest BCUT2D eigenvalue weighted by molar-refractivity contribution is 5.21. The lowest BCUT2D eigenvalue weighted by Gasteiger charge is -2.39. The van der Waals surface area contributed by atoms with Crippen LogP contribution in [0.25, 0.3) is 0 Å². The van der Waals surface area contributed by atoms with E-state index in [1.54, 1.807) is 0 Å². The van der Waals surface area contributed by atoms with Crippen LogP contribution in [0.15, 0.2) is 30.3 Å². The Morgan fingerprint density at radius 3 is 2.00 bits per heavy atom. The van der Waals surface area contributed by atoms with E-state index in [0.717, 1.165) is 13.1 Å². The highest BCUT2D eigenvalue weighted by Crippen LogP contribution is 2.34. The van der Waals surface area contributed by atoms with E-state index in [2.05, 4.69) is 89.3 Å². The van der Waals surface area contributed by atoms with Crippen LogP contribution in [0.3, 0.4) is 0 Å². The van der Waals surface area contributed by atoms with Crippen molar-refractivity contribution in [3.63, 3.8) is 0 Å². The van der Waals surface area contributed by atoms with Crippen LogP contribution in [0.4, 0.5) is 0 Å². The number of hydrogen-bond donors (Lipinski definition) is 1. The van der Waals surface area contributed by atoms with E-state index in [4.69, 9.17) is 0 Å². The molecule has 1 unspecified atom stereocenters. The van der Waals surface area contributed by atoms with Crippen LogP contribution in [-0.2, 0) is 0 Å². The van der Waals surface area contributed by atoms with E-state index in [-0.39, 0.29) is 5.41 Å². The Hall–Kier alpha value is -0.860. The minimum Gasteiger partial charge on any atom is -0.313 e. The van der Waals surface area contributed by atoms with Crippen LogP contribution < -0.4 is 5.32 Å². The predicted molar refractivity (Wildman–Crippen MR) is 89.0 cm³/mol. The molecular weight excluding hydrogens is 244 g/mol. The fourth-order valence-electron chi connectivity index (χ4n) is 3.31. The maximum atomic E-state index is 3.50. The van der Waals surface area contributed by atoms with E-state index in [1.807, 2.05) is 0 Å². The summed E-state index contributed by atoms with van der Waals surface area (Å²) in [5.41, 5.74) is 1.88.